The number of rotatable bonds is 6. The summed E-state index contributed by atoms with van der Waals surface area (Å²) in [5.74, 6) is 0.991. The van der Waals surface area contributed by atoms with E-state index < -0.39 is 10.0 Å². The molecule has 1 fully saturated rings. The molecule has 0 amide bonds. The van der Waals surface area contributed by atoms with Crippen molar-refractivity contribution < 1.29 is 17.9 Å². The van der Waals surface area contributed by atoms with Crippen LogP contribution in [0.4, 0.5) is 0 Å². The summed E-state index contributed by atoms with van der Waals surface area (Å²) < 4.78 is 39.2. The minimum atomic E-state index is -3.71. The number of halogens is 1. The third kappa shape index (κ3) is 4.51. The molecule has 1 N–H and O–H groups in total. The van der Waals surface area contributed by atoms with Crippen molar-refractivity contribution in [2.24, 2.45) is 0 Å². The Morgan fingerprint density at radius 1 is 1.07 bits per heavy atom. The van der Waals surface area contributed by atoms with Crippen LogP contribution < -0.4 is 14.2 Å². The molecule has 2 aromatic rings. The van der Waals surface area contributed by atoms with Gasteiger partial charge in [-0.05, 0) is 30.8 Å². The number of hydrogen-bond acceptors (Lipinski definition) is 6. The fourth-order valence-electron chi connectivity index (χ4n) is 3.63. The van der Waals surface area contributed by atoms with E-state index in [-0.39, 0.29) is 24.3 Å². The molecule has 0 unspecified atom stereocenters. The van der Waals surface area contributed by atoms with Gasteiger partial charge in [0.2, 0.25) is 16.8 Å². The standard InChI is InChI=1S/C20H24ClN3O4S/c1-23-8-10-24(11-9-23)18(16-4-2-3-5-17(16)21)13-22-29(25,26)15-6-7-19-20(12-15)28-14-27-19/h2-7,12,18,22H,8-11,13-14H2,1H3/t18-/m1/s1. The summed E-state index contributed by atoms with van der Waals surface area (Å²) in [6, 6.07) is 12.1. The van der Waals surface area contributed by atoms with Crippen LogP contribution in [0, 0.1) is 0 Å². The highest BCUT2D eigenvalue weighted by Crippen LogP contribution is 2.34. The van der Waals surface area contributed by atoms with Gasteiger partial charge in [0, 0.05) is 49.9 Å². The molecule has 9 heteroatoms. The van der Waals surface area contributed by atoms with Crippen molar-refractivity contribution in [1.82, 2.24) is 14.5 Å². The highest BCUT2D eigenvalue weighted by molar-refractivity contribution is 7.89. The molecular weight excluding hydrogens is 414 g/mol. The first-order valence-electron chi connectivity index (χ1n) is 9.50. The normalized spacial score (nSPS) is 18.7. The molecule has 1 saturated heterocycles. The smallest absolute Gasteiger partial charge is 0.240 e. The average molecular weight is 438 g/mol. The van der Waals surface area contributed by atoms with Crippen molar-refractivity contribution >= 4 is 21.6 Å². The Balaban J connectivity index is 1.55. The van der Waals surface area contributed by atoms with Crippen molar-refractivity contribution in [2.45, 2.75) is 10.9 Å². The molecule has 0 bridgehead atoms. The maximum absolute atomic E-state index is 12.9. The first-order chi connectivity index (χ1) is 13.9. The van der Waals surface area contributed by atoms with Crippen molar-refractivity contribution in [3.05, 3.63) is 53.1 Å². The molecule has 0 spiro atoms. The van der Waals surface area contributed by atoms with Gasteiger partial charge in [0.05, 0.1) is 4.90 Å². The topological polar surface area (TPSA) is 71.1 Å². The summed E-state index contributed by atoms with van der Waals surface area (Å²) in [6.07, 6.45) is 0. The lowest BCUT2D eigenvalue weighted by Gasteiger charge is -2.38. The number of sulfonamides is 1. The highest BCUT2D eigenvalue weighted by Gasteiger charge is 2.28. The molecule has 29 heavy (non-hydrogen) atoms. The van der Waals surface area contributed by atoms with Crippen LogP contribution in [0.15, 0.2) is 47.4 Å². The first-order valence-corrected chi connectivity index (χ1v) is 11.4. The van der Waals surface area contributed by atoms with Gasteiger partial charge in [-0.15, -0.1) is 0 Å². The van der Waals surface area contributed by atoms with Gasteiger partial charge < -0.3 is 14.4 Å². The lowest BCUT2D eigenvalue weighted by molar-refractivity contribution is 0.113. The molecule has 156 valence electrons. The van der Waals surface area contributed by atoms with Crippen molar-refractivity contribution in [2.75, 3.05) is 46.6 Å². The van der Waals surface area contributed by atoms with Crippen LogP contribution in [0.5, 0.6) is 11.5 Å². The SMILES string of the molecule is CN1CCN([C@H](CNS(=O)(=O)c2ccc3c(c2)OCO3)c2ccccc2Cl)CC1. The maximum atomic E-state index is 12.9. The Kier molecular flexibility index (Phi) is 5.98. The second-order valence-electron chi connectivity index (χ2n) is 7.24. The molecule has 0 aliphatic carbocycles. The summed E-state index contributed by atoms with van der Waals surface area (Å²) in [5, 5.41) is 0.638. The van der Waals surface area contributed by atoms with Crippen LogP contribution >= 0.6 is 11.6 Å². The molecule has 2 heterocycles. The van der Waals surface area contributed by atoms with Crippen molar-refractivity contribution in [3.63, 3.8) is 0 Å². The van der Waals surface area contributed by atoms with Crippen LogP contribution in [0.2, 0.25) is 5.02 Å². The van der Waals surface area contributed by atoms with Crippen LogP contribution in [-0.4, -0.2) is 64.8 Å². The predicted octanol–water partition coefficient (Wildman–Crippen LogP) is 2.34. The zero-order valence-electron chi connectivity index (χ0n) is 16.2. The fourth-order valence-corrected chi connectivity index (χ4v) is 4.95. The van der Waals surface area contributed by atoms with Gasteiger partial charge in [0.1, 0.15) is 0 Å². The summed E-state index contributed by atoms with van der Waals surface area (Å²) in [7, 11) is -1.63. The van der Waals surface area contributed by atoms with Gasteiger partial charge in [-0.2, -0.15) is 0 Å². The van der Waals surface area contributed by atoms with Gasteiger partial charge in [0.15, 0.2) is 11.5 Å². The molecule has 2 aromatic carbocycles. The van der Waals surface area contributed by atoms with Crippen LogP contribution in [-0.2, 0) is 10.0 Å². The van der Waals surface area contributed by atoms with Crippen molar-refractivity contribution in [1.29, 1.82) is 0 Å². The van der Waals surface area contributed by atoms with Crippen LogP contribution in [0.3, 0.4) is 0 Å². The van der Waals surface area contributed by atoms with Crippen molar-refractivity contribution in [3.8, 4) is 11.5 Å². The first kappa shape index (κ1) is 20.4. The quantitative estimate of drug-likeness (QED) is 0.748. The van der Waals surface area contributed by atoms with E-state index in [4.69, 9.17) is 21.1 Å². The third-order valence-corrected chi connectivity index (χ3v) is 7.13. The fraction of sp³-hybridized carbons (Fsp3) is 0.400. The summed E-state index contributed by atoms with van der Waals surface area (Å²) >= 11 is 6.45. The summed E-state index contributed by atoms with van der Waals surface area (Å²) in [5.41, 5.74) is 0.923. The molecular formula is C20H24ClN3O4S. The minimum absolute atomic E-state index is 0.101. The van der Waals surface area contributed by atoms with Gasteiger partial charge in [-0.25, -0.2) is 13.1 Å². The van der Waals surface area contributed by atoms with Gasteiger partial charge >= 0.3 is 0 Å². The summed E-state index contributed by atoms with van der Waals surface area (Å²) in [6.45, 7) is 3.87. The number of nitrogens with zero attached hydrogens (tertiary/aromatic N) is 2. The molecule has 7 nitrogen and oxygen atoms in total. The van der Waals surface area contributed by atoms with E-state index in [1.54, 1.807) is 6.07 Å². The van der Waals surface area contributed by atoms with Crippen LogP contribution in [0.1, 0.15) is 11.6 Å². The van der Waals surface area contributed by atoms with E-state index >= 15 is 0 Å². The summed E-state index contributed by atoms with van der Waals surface area (Å²) in [4.78, 5) is 4.69. The number of hydrogen-bond donors (Lipinski definition) is 1. The zero-order valence-corrected chi connectivity index (χ0v) is 17.7. The molecule has 2 aliphatic rings. The molecule has 4 rings (SSSR count). The van der Waals surface area contributed by atoms with Gasteiger partial charge in [-0.1, -0.05) is 29.8 Å². The molecule has 1 atom stereocenters. The third-order valence-electron chi connectivity index (χ3n) is 5.36. The zero-order chi connectivity index (χ0) is 20.4. The monoisotopic (exact) mass is 437 g/mol. The maximum Gasteiger partial charge on any atom is 0.240 e. The number of nitrogens with one attached hydrogen (secondary N) is 1. The largest absolute Gasteiger partial charge is 0.454 e. The lowest BCUT2D eigenvalue weighted by atomic mass is 10.0. The molecule has 0 aromatic heterocycles. The van der Waals surface area contributed by atoms with Gasteiger partial charge in [0.25, 0.3) is 0 Å². The predicted molar refractivity (Wildman–Crippen MR) is 111 cm³/mol. The van der Waals surface area contributed by atoms with E-state index in [9.17, 15) is 8.42 Å². The molecule has 0 radical (unpaired) electrons. The number of fused-ring (bicyclic) bond motifs is 1. The van der Waals surface area contributed by atoms with E-state index in [0.29, 0.717) is 16.5 Å². The van der Waals surface area contributed by atoms with E-state index in [1.165, 1.54) is 12.1 Å². The Labute approximate surface area is 176 Å². The van der Waals surface area contributed by atoms with E-state index in [1.807, 2.05) is 24.3 Å². The minimum Gasteiger partial charge on any atom is -0.454 e. The van der Waals surface area contributed by atoms with Gasteiger partial charge in [-0.3, -0.25) is 4.90 Å². The Morgan fingerprint density at radius 2 is 1.79 bits per heavy atom. The second-order valence-corrected chi connectivity index (χ2v) is 9.42. The number of piperazine rings is 1. The highest BCUT2D eigenvalue weighted by atomic mass is 35.5. The number of likely N-dealkylation sites (N-methyl/N-ethyl adjacent to an activating group) is 1. The average Bonchev–Trinajstić information content (AvgIpc) is 3.18. The number of benzene rings is 2. The molecule has 0 saturated carbocycles. The second kappa shape index (κ2) is 8.49. The Morgan fingerprint density at radius 3 is 2.55 bits per heavy atom. The van der Waals surface area contributed by atoms with E-state index in [0.717, 1.165) is 31.7 Å². The number of ether oxygens (including phenoxy) is 2. The van der Waals surface area contributed by atoms with E-state index in [2.05, 4.69) is 21.6 Å². The Bertz CT molecular complexity index is 977. The Hall–Kier alpha value is -1.84. The molecule has 2 aliphatic heterocycles. The van der Waals surface area contributed by atoms with Crippen LogP contribution in [0.25, 0.3) is 0 Å². The lowest BCUT2D eigenvalue weighted by Crippen LogP contribution is -2.48.